The van der Waals surface area contributed by atoms with Gasteiger partial charge in [0.05, 0.1) is 17.5 Å². The number of sulfone groups is 1. The summed E-state index contributed by atoms with van der Waals surface area (Å²) in [5, 5.41) is 2.91. The maximum atomic E-state index is 12.6. The number of aryl methyl sites for hydroxylation is 1. The number of carbonyl (C=O) groups is 1. The second kappa shape index (κ2) is 5.58. The van der Waals surface area contributed by atoms with Crippen molar-refractivity contribution in [2.75, 3.05) is 11.5 Å². The van der Waals surface area contributed by atoms with Crippen molar-refractivity contribution < 1.29 is 13.2 Å². The molecule has 0 saturated carbocycles. The summed E-state index contributed by atoms with van der Waals surface area (Å²) in [4.78, 5) is 12.6. The molecule has 1 amide bonds. The second-order valence-electron chi connectivity index (χ2n) is 6.75. The third-order valence-corrected chi connectivity index (χ3v) is 7.02. The van der Waals surface area contributed by atoms with Gasteiger partial charge in [0.25, 0.3) is 0 Å². The summed E-state index contributed by atoms with van der Waals surface area (Å²) in [6.07, 6.45) is 2.44. The van der Waals surface area contributed by atoms with Crippen LogP contribution in [-0.2, 0) is 21.1 Å². The molecule has 0 bridgehead atoms. The van der Waals surface area contributed by atoms with E-state index in [1.165, 1.54) is 11.1 Å². The molecule has 2 aliphatic heterocycles. The van der Waals surface area contributed by atoms with Crippen LogP contribution < -0.4 is 16.2 Å². The lowest BCUT2D eigenvalue weighted by Gasteiger charge is -2.29. The number of amides is 1. The molecule has 0 radical (unpaired) electrons. The van der Waals surface area contributed by atoms with Gasteiger partial charge in [-0.25, -0.2) is 19.3 Å². The predicted octanol–water partition coefficient (Wildman–Crippen LogP) is 0.0698. The summed E-state index contributed by atoms with van der Waals surface area (Å²) in [7, 11) is -2.98. The minimum Gasteiger partial charge on any atom is -0.351 e. The Morgan fingerprint density at radius 3 is 2.78 bits per heavy atom. The van der Waals surface area contributed by atoms with Gasteiger partial charge in [0.2, 0.25) is 5.91 Å². The highest BCUT2D eigenvalue weighted by Gasteiger charge is 2.44. The van der Waals surface area contributed by atoms with Crippen molar-refractivity contribution >= 4 is 15.7 Å². The molecule has 2 heterocycles. The van der Waals surface area contributed by atoms with Gasteiger partial charge in [-0.15, -0.1) is 0 Å². The van der Waals surface area contributed by atoms with Crippen LogP contribution in [0.1, 0.15) is 30.0 Å². The molecule has 0 aromatic heterocycles. The first-order valence-electron chi connectivity index (χ1n) is 8.13. The molecule has 2 fully saturated rings. The number of benzene rings is 1. The van der Waals surface area contributed by atoms with Crippen molar-refractivity contribution in [1.29, 1.82) is 0 Å². The molecule has 1 aromatic rings. The van der Waals surface area contributed by atoms with Crippen molar-refractivity contribution in [2.24, 2.45) is 5.92 Å². The highest BCUT2D eigenvalue weighted by atomic mass is 32.2. The minimum atomic E-state index is -2.98. The van der Waals surface area contributed by atoms with Crippen molar-refractivity contribution in [1.82, 2.24) is 16.2 Å². The summed E-state index contributed by atoms with van der Waals surface area (Å²) in [6.45, 7) is 0. The number of nitrogens with one attached hydrogen (secondary N) is 3. The Hall–Kier alpha value is -1.44. The fourth-order valence-electron chi connectivity index (χ4n) is 4.08. The number of rotatable bonds is 2. The lowest BCUT2D eigenvalue weighted by atomic mass is 9.77. The van der Waals surface area contributed by atoms with Crippen LogP contribution in [0.4, 0.5) is 0 Å². The quantitative estimate of drug-likeness (QED) is 0.712. The summed E-state index contributed by atoms with van der Waals surface area (Å²) >= 11 is 0. The van der Waals surface area contributed by atoms with E-state index in [-0.39, 0.29) is 41.5 Å². The molecule has 2 saturated heterocycles. The average Bonchev–Trinajstić information content (AvgIpc) is 3.10. The van der Waals surface area contributed by atoms with Gasteiger partial charge in [0.15, 0.2) is 9.84 Å². The maximum absolute atomic E-state index is 12.6. The monoisotopic (exact) mass is 335 g/mol. The first kappa shape index (κ1) is 15.1. The maximum Gasteiger partial charge on any atom is 0.239 e. The number of carbonyl (C=O) groups excluding carboxylic acids is 1. The van der Waals surface area contributed by atoms with Crippen molar-refractivity contribution in [2.45, 2.75) is 37.4 Å². The van der Waals surface area contributed by atoms with Gasteiger partial charge in [-0.2, -0.15) is 0 Å². The minimum absolute atomic E-state index is 0.0653. The highest BCUT2D eigenvalue weighted by Crippen LogP contribution is 2.38. The zero-order valence-corrected chi connectivity index (χ0v) is 13.6. The summed E-state index contributed by atoms with van der Waals surface area (Å²) in [5.74, 6) is 0.346. The highest BCUT2D eigenvalue weighted by molar-refractivity contribution is 7.91. The first-order chi connectivity index (χ1) is 11.0. The van der Waals surface area contributed by atoms with Gasteiger partial charge in [-0.3, -0.25) is 4.79 Å². The Morgan fingerprint density at radius 2 is 2.00 bits per heavy atom. The van der Waals surface area contributed by atoms with E-state index in [2.05, 4.69) is 28.3 Å². The van der Waals surface area contributed by atoms with Crippen molar-refractivity contribution in [3.05, 3.63) is 35.4 Å². The Labute approximate surface area is 135 Å². The van der Waals surface area contributed by atoms with E-state index in [4.69, 9.17) is 0 Å². The molecule has 23 heavy (non-hydrogen) atoms. The number of fused-ring (bicyclic) bond motifs is 3. The first-order valence-corrected chi connectivity index (χ1v) is 9.95. The summed E-state index contributed by atoms with van der Waals surface area (Å²) in [5.41, 5.74) is 8.98. The largest absolute Gasteiger partial charge is 0.351 e. The van der Waals surface area contributed by atoms with Crippen LogP contribution in [0.3, 0.4) is 0 Å². The summed E-state index contributed by atoms with van der Waals surface area (Å²) in [6, 6.07) is 7.92. The van der Waals surface area contributed by atoms with E-state index in [1.807, 2.05) is 12.1 Å². The normalized spacial score (nSPS) is 34.6. The van der Waals surface area contributed by atoms with Crippen LogP contribution in [-0.4, -0.2) is 37.9 Å². The van der Waals surface area contributed by atoms with Gasteiger partial charge in [0.1, 0.15) is 6.04 Å². The zero-order valence-electron chi connectivity index (χ0n) is 12.8. The van der Waals surface area contributed by atoms with E-state index >= 15 is 0 Å². The molecule has 1 aliphatic carbocycles. The van der Waals surface area contributed by atoms with Crippen LogP contribution >= 0.6 is 0 Å². The topological polar surface area (TPSA) is 87.3 Å². The van der Waals surface area contributed by atoms with Gasteiger partial charge < -0.3 is 5.32 Å². The average molecular weight is 335 g/mol. The number of hydrogen-bond donors (Lipinski definition) is 3. The number of hydrogen-bond acceptors (Lipinski definition) is 5. The van der Waals surface area contributed by atoms with Crippen LogP contribution in [0.15, 0.2) is 24.3 Å². The van der Waals surface area contributed by atoms with E-state index < -0.39 is 9.84 Å². The number of hydrazine groups is 1. The lowest BCUT2D eigenvalue weighted by Crippen LogP contribution is -2.49. The van der Waals surface area contributed by atoms with E-state index in [1.54, 1.807) is 0 Å². The molecule has 7 heteroatoms. The third-order valence-electron chi connectivity index (χ3n) is 5.25. The summed E-state index contributed by atoms with van der Waals surface area (Å²) < 4.78 is 23.1. The zero-order chi connectivity index (χ0) is 16.0. The molecule has 3 N–H and O–H groups in total. The van der Waals surface area contributed by atoms with Gasteiger partial charge in [-0.1, -0.05) is 24.3 Å². The predicted molar refractivity (Wildman–Crippen MR) is 86.3 cm³/mol. The van der Waals surface area contributed by atoms with E-state index in [0.717, 1.165) is 12.8 Å². The Kier molecular flexibility index (Phi) is 3.66. The molecule has 4 atom stereocenters. The molecule has 3 aliphatic rings. The second-order valence-corrected chi connectivity index (χ2v) is 8.98. The standard InChI is InChI=1S/C16H21N3O3S/c20-16(17-11-7-8-23(21,22)9-11)15-13-6-5-10-3-1-2-4-12(10)14(13)18-19-15/h1-4,11,13-15,18-19H,5-9H2,(H,17,20). The Bertz CT molecular complexity index is 734. The lowest BCUT2D eigenvalue weighted by molar-refractivity contribution is -0.124. The van der Waals surface area contributed by atoms with Gasteiger partial charge >= 0.3 is 0 Å². The SMILES string of the molecule is O=C(NC1CCS(=O)(=O)C1)C1NNC2c3ccccc3CCC12. The molecule has 4 unspecified atom stereocenters. The van der Waals surface area contributed by atoms with Crippen molar-refractivity contribution in [3.8, 4) is 0 Å². The molecule has 6 nitrogen and oxygen atoms in total. The molecule has 1 aromatic carbocycles. The third kappa shape index (κ3) is 2.77. The smallest absolute Gasteiger partial charge is 0.239 e. The van der Waals surface area contributed by atoms with Gasteiger partial charge in [0, 0.05) is 12.0 Å². The van der Waals surface area contributed by atoms with Crippen LogP contribution in [0.2, 0.25) is 0 Å². The van der Waals surface area contributed by atoms with E-state index in [0.29, 0.717) is 6.42 Å². The fraction of sp³-hybridized carbons (Fsp3) is 0.562. The van der Waals surface area contributed by atoms with E-state index in [9.17, 15) is 13.2 Å². The molecule has 0 spiro atoms. The van der Waals surface area contributed by atoms with Gasteiger partial charge in [-0.05, 0) is 30.4 Å². The molecular weight excluding hydrogens is 314 g/mol. The van der Waals surface area contributed by atoms with Crippen LogP contribution in [0.5, 0.6) is 0 Å². The van der Waals surface area contributed by atoms with Crippen LogP contribution in [0.25, 0.3) is 0 Å². The Morgan fingerprint density at radius 1 is 1.17 bits per heavy atom. The molecular formula is C16H21N3O3S. The molecule has 124 valence electrons. The fourth-order valence-corrected chi connectivity index (χ4v) is 5.75. The van der Waals surface area contributed by atoms with Crippen molar-refractivity contribution in [3.63, 3.8) is 0 Å². The molecule has 4 rings (SSSR count). The van der Waals surface area contributed by atoms with Crippen LogP contribution in [0, 0.1) is 5.92 Å². The Balaban J connectivity index is 1.46.